The Bertz CT molecular complexity index is 686. The highest BCUT2D eigenvalue weighted by molar-refractivity contribution is 6.35. The third kappa shape index (κ3) is 3.84. The molecule has 0 amide bonds. The molecule has 0 fully saturated rings. The largest absolute Gasteiger partial charge is 0.497 e. The third-order valence-electron chi connectivity index (χ3n) is 2.96. The number of Topliss-reactive ketones (excluding diaryl/α,β-unsaturated/α-hetero) is 1. The average Bonchev–Trinajstić information content (AvgIpc) is 2.53. The Hall–Kier alpha value is -1.91. The van der Waals surface area contributed by atoms with Crippen LogP contribution in [0.5, 0.6) is 17.2 Å². The van der Waals surface area contributed by atoms with E-state index in [9.17, 15) is 4.79 Å². The summed E-state index contributed by atoms with van der Waals surface area (Å²) in [4.78, 5) is 12.3. The van der Waals surface area contributed by atoms with Crippen LogP contribution in [0.2, 0.25) is 10.0 Å². The number of methoxy groups -OCH3 is 2. The van der Waals surface area contributed by atoms with E-state index in [0.717, 1.165) is 0 Å². The summed E-state index contributed by atoms with van der Waals surface area (Å²) in [7, 11) is 3.03. The van der Waals surface area contributed by atoms with E-state index in [4.69, 9.17) is 37.4 Å². The first-order valence-electron chi connectivity index (χ1n) is 6.38. The van der Waals surface area contributed by atoms with Crippen molar-refractivity contribution in [2.24, 2.45) is 0 Å². The van der Waals surface area contributed by atoms with Crippen molar-refractivity contribution in [1.82, 2.24) is 0 Å². The molecular weight excluding hydrogens is 327 g/mol. The maximum absolute atomic E-state index is 12.3. The first-order chi connectivity index (χ1) is 10.5. The zero-order valence-corrected chi connectivity index (χ0v) is 13.6. The van der Waals surface area contributed by atoms with Gasteiger partial charge in [0.25, 0.3) is 0 Å². The van der Waals surface area contributed by atoms with E-state index in [1.165, 1.54) is 7.11 Å². The van der Waals surface area contributed by atoms with Crippen molar-refractivity contribution < 1.29 is 19.0 Å². The minimum absolute atomic E-state index is 0.163. The summed E-state index contributed by atoms with van der Waals surface area (Å²) >= 11 is 11.8. The smallest absolute Gasteiger partial charge is 0.203 e. The van der Waals surface area contributed by atoms with Gasteiger partial charge in [0.05, 0.1) is 24.8 Å². The zero-order valence-electron chi connectivity index (χ0n) is 12.1. The maximum atomic E-state index is 12.3. The molecule has 0 aromatic heterocycles. The molecule has 0 radical (unpaired) electrons. The van der Waals surface area contributed by atoms with Crippen LogP contribution in [-0.2, 0) is 0 Å². The van der Waals surface area contributed by atoms with Gasteiger partial charge in [-0.15, -0.1) is 0 Å². The SMILES string of the molecule is COc1ccc(C(=O)COc2ccc(Cl)cc2Cl)c(OC)c1. The molecule has 22 heavy (non-hydrogen) atoms. The van der Waals surface area contributed by atoms with Crippen LogP contribution < -0.4 is 14.2 Å². The molecule has 2 rings (SSSR count). The first kappa shape index (κ1) is 16.5. The van der Waals surface area contributed by atoms with Gasteiger partial charge < -0.3 is 14.2 Å². The highest BCUT2D eigenvalue weighted by Crippen LogP contribution is 2.28. The lowest BCUT2D eigenvalue weighted by Gasteiger charge is -2.11. The molecule has 0 saturated heterocycles. The van der Waals surface area contributed by atoms with Gasteiger partial charge in [-0.2, -0.15) is 0 Å². The maximum Gasteiger partial charge on any atom is 0.203 e. The zero-order chi connectivity index (χ0) is 16.1. The molecule has 0 bridgehead atoms. The number of hydrogen-bond acceptors (Lipinski definition) is 4. The summed E-state index contributed by atoms with van der Waals surface area (Å²) in [6.45, 7) is -0.163. The van der Waals surface area contributed by atoms with Crippen LogP contribution >= 0.6 is 23.2 Å². The van der Waals surface area contributed by atoms with E-state index in [2.05, 4.69) is 0 Å². The van der Waals surface area contributed by atoms with Crippen LogP contribution in [-0.4, -0.2) is 26.6 Å². The summed E-state index contributed by atoms with van der Waals surface area (Å²) in [5.74, 6) is 1.20. The molecule has 4 nitrogen and oxygen atoms in total. The van der Waals surface area contributed by atoms with Crippen LogP contribution in [0, 0.1) is 0 Å². The molecule has 0 aliphatic carbocycles. The van der Waals surface area contributed by atoms with Gasteiger partial charge in [0.15, 0.2) is 6.61 Å². The van der Waals surface area contributed by atoms with E-state index in [1.807, 2.05) is 0 Å². The van der Waals surface area contributed by atoms with Gasteiger partial charge in [0, 0.05) is 11.1 Å². The van der Waals surface area contributed by atoms with Gasteiger partial charge in [-0.3, -0.25) is 4.79 Å². The van der Waals surface area contributed by atoms with Crippen molar-refractivity contribution in [3.63, 3.8) is 0 Å². The Labute approximate surface area is 138 Å². The van der Waals surface area contributed by atoms with Crippen molar-refractivity contribution in [2.75, 3.05) is 20.8 Å². The van der Waals surface area contributed by atoms with Crippen molar-refractivity contribution in [1.29, 1.82) is 0 Å². The second-order valence-electron chi connectivity index (χ2n) is 4.35. The standard InChI is InChI=1S/C16H14Cl2O4/c1-20-11-4-5-12(16(8-11)21-2)14(19)9-22-15-6-3-10(17)7-13(15)18/h3-8H,9H2,1-2H3. The average molecular weight is 341 g/mol. The predicted molar refractivity (Wildman–Crippen MR) is 85.8 cm³/mol. The fourth-order valence-electron chi connectivity index (χ4n) is 1.84. The highest BCUT2D eigenvalue weighted by atomic mass is 35.5. The number of ether oxygens (including phenoxy) is 3. The van der Waals surface area contributed by atoms with Crippen LogP contribution in [0.1, 0.15) is 10.4 Å². The number of hydrogen-bond donors (Lipinski definition) is 0. The summed E-state index contributed by atoms with van der Waals surface area (Å²) in [5, 5.41) is 0.850. The minimum Gasteiger partial charge on any atom is -0.497 e. The van der Waals surface area contributed by atoms with Crippen molar-refractivity contribution in [3.8, 4) is 17.2 Å². The monoisotopic (exact) mass is 340 g/mol. The Balaban J connectivity index is 2.12. The Morgan fingerprint density at radius 1 is 1.00 bits per heavy atom. The van der Waals surface area contributed by atoms with E-state index in [-0.39, 0.29) is 12.4 Å². The van der Waals surface area contributed by atoms with Gasteiger partial charge in [0.2, 0.25) is 5.78 Å². The number of rotatable bonds is 6. The highest BCUT2D eigenvalue weighted by Gasteiger charge is 2.15. The number of carbonyl (C=O) groups excluding carboxylic acids is 1. The summed E-state index contributed by atoms with van der Waals surface area (Å²) in [6, 6.07) is 9.77. The molecule has 0 saturated carbocycles. The molecule has 116 valence electrons. The van der Waals surface area contributed by atoms with Gasteiger partial charge in [-0.1, -0.05) is 23.2 Å². The molecule has 0 atom stereocenters. The van der Waals surface area contributed by atoms with Crippen LogP contribution in [0.4, 0.5) is 0 Å². The minimum atomic E-state index is -0.231. The topological polar surface area (TPSA) is 44.8 Å². The van der Waals surface area contributed by atoms with Crippen LogP contribution in [0.15, 0.2) is 36.4 Å². The van der Waals surface area contributed by atoms with Crippen molar-refractivity contribution in [3.05, 3.63) is 52.0 Å². The van der Waals surface area contributed by atoms with E-state index in [1.54, 1.807) is 43.5 Å². The van der Waals surface area contributed by atoms with Crippen LogP contribution in [0.3, 0.4) is 0 Å². The quantitative estimate of drug-likeness (QED) is 0.736. The van der Waals surface area contributed by atoms with E-state index >= 15 is 0 Å². The second-order valence-corrected chi connectivity index (χ2v) is 5.20. The first-order valence-corrected chi connectivity index (χ1v) is 7.14. The number of ketones is 1. The van der Waals surface area contributed by atoms with Crippen molar-refractivity contribution >= 4 is 29.0 Å². The number of benzene rings is 2. The molecular formula is C16H14Cl2O4. The van der Waals surface area contributed by atoms with Gasteiger partial charge in [-0.05, 0) is 30.3 Å². The van der Waals surface area contributed by atoms with Crippen LogP contribution in [0.25, 0.3) is 0 Å². The Morgan fingerprint density at radius 3 is 2.41 bits per heavy atom. The molecule has 0 aliphatic heterocycles. The third-order valence-corrected chi connectivity index (χ3v) is 3.49. The number of carbonyl (C=O) groups is 1. The molecule has 0 aliphatic rings. The summed E-state index contributed by atoms with van der Waals surface area (Å²) < 4.78 is 15.7. The molecule has 0 N–H and O–H groups in total. The molecule has 0 unspecified atom stereocenters. The lowest BCUT2D eigenvalue weighted by Crippen LogP contribution is -2.13. The molecule has 6 heteroatoms. The number of halogens is 2. The summed E-state index contributed by atoms with van der Waals surface area (Å²) in [5.41, 5.74) is 0.411. The lowest BCUT2D eigenvalue weighted by molar-refractivity contribution is 0.0918. The molecule has 0 heterocycles. The van der Waals surface area contributed by atoms with Gasteiger partial charge in [0.1, 0.15) is 17.2 Å². The second kappa shape index (κ2) is 7.38. The van der Waals surface area contributed by atoms with Crippen molar-refractivity contribution in [2.45, 2.75) is 0 Å². The lowest BCUT2D eigenvalue weighted by atomic mass is 10.1. The molecule has 0 spiro atoms. The normalized spacial score (nSPS) is 10.2. The van der Waals surface area contributed by atoms with Gasteiger partial charge >= 0.3 is 0 Å². The van der Waals surface area contributed by atoms with E-state index in [0.29, 0.717) is 32.9 Å². The van der Waals surface area contributed by atoms with Gasteiger partial charge in [-0.25, -0.2) is 0 Å². The predicted octanol–water partition coefficient (Wildman–Crippen LogP) is 4.27. The van der Waals surface area contributed by atoms with E-state index < -0.39 is 0 Å². The Kier molecular flexibility index (Phi) is 5.52. The Morgan fingerprint density at radius 2 is 1.77 bits per heavy atom. The summed E-state index contributed by atoms with van der Waals surface area (Å²) in [6.07, 6.45) is 0. The fourth-order valence-corrected chi connectivity index (χ4v) is 2.31. The molecule has 2 aromatic carbocycles. The molecule has 2 aromatic rings. The fraction of sp³-hybridized carbons (Fsp3) is 0.188.